The van der Waals surface area contributed by atoms with Crippen molar-refractivity contribution in [3.05, 3.63) is 58.6 Å². The number of amides is 2. The molecule has 5 nitrogen and oxygen atoms in total. The molecule has 0 unspecified atom stereocenters. The fourth-order valence-corrected chi connectivity index (χ4v) is 2.20. The number of carbonyl (C=O) groups excluding carboxylic acids is 2. The van der Waals surface area contributed by atoms with Crippen LogP contribution in [0.4, 0.5) is 5.69 Å². The van der Waals surface area contributed by atoms with Gasteiger partial charge in [-0.1, -0.05) is 28.1 Å². The van der Waals surface area contributed by atoms with E-state index in [0.717, 1.165) is 4.47 Å². The first-order valence-corrected chi connectivity index (χ1v) is 7.35. The average molecular weight is 363 g/mol. The molecule has 0 atom stereocenters. The molecular weight excluding hydrogens is 348 g/mol. The van der Waals surface area contributed by atoms with Crippen LogP contribution in [0.25, 0.3) is 0 Å². The maximum atomic E-state index is 12.0. The highest BCUT2D eigenvalue weighted by Crippen LogP contribution is 2.15. The molecule has 22 heavy (non-hydrogen) atoms. The lowest BCUT2D eigenvalue weighted by Gasteiger charge is -2.08. The first kappa shape index (κ1) is 16.0. The van der Waals surface area contributed by atoms with Crippen LogP contribution in [0.2, 0.25) is 0 Å². The van der Waals surface area contributed by atoms with Crippen LogP contribution in [0.3, 0.4) is 0 Å². The van der Waals surface area contributed by atoms with Crippen LogP contribution in [-0.2, 0) is 4.79 Å². The van der Waals surface area contributed by atoms with Gasteiger partial charge in [0.25, 0.3) is 5.91 Å². The van der Waals surface area contributed by atoms with Gasteiger partial charge in [-0.2, -0.15) is 0 Å². The Morgan fingerprint density at radius 1 is 1.14 bits per heavy atom. The normalized spacial score (nSPS) is 9.91. The summed E-state index contributed by atoms with van der Waals surface area (Å²) in [6.45, 7) is -0.109. The number of methoxy groups -OCH3 is 1. The summed E-state index contributed by atoms with van der Waals surface area (Å²) in [5.41, 5.74) is 1.10. The van der Waals surface area contributed by atoms with Gasteiger partial charge in [0.1, 0.15) is 5.75 Å². The Labute approximate surface area is 136 Å². The SMILES string of the molecule is COc1cccc(C(=O)NCC(=O)Nc2cccc(Br)c2)c1. The zero-order valence-corrected chi connectivity index (χ0v) is 13.5. The summed E-state index contributed by atoms with van der Waals surface area (Å²) in [5, 5.41) is 5.27. The number of benzene rings is 2. The van der Waals surface area contributed by atoms with Gasteiger partial charge in [-0.3, -0.25) is 9.59 Å². The van der Waals surface area contributed by atoms with E-state index < -0.39 is 0 Å². The van der Waals surface area contributed by atoms with Gasteiger partial charge in [-0.05, 0) is 36.4 Å². The second-order valence-corrected chi connectivity index (χ2v) is 5.39. The lowest BCUT2D eigenvalue weighted by molar-refractivity contribution is -0.115. The molecule has 0 saturated heterocycles. The van der Waals surface area contributed by atoms with Crippen LogP contribution in [0.15, 0.2) is 53.0 Å². The minimum atomic E-state index is -0.330. The fourth-order valence-electron chi connectivity index (χ4n) is 1.80. The summed E-state index contributed by atoms with van der Waals surface area (Å²) >= 11 is 3.33. The summed E-state index contributed by atoms with van der Waals surface area (Å²) in [6.07, 6.45) is 0. The van der Waals surface area contributed by atoms with E-state index >= 15 is 0 Å². The molecule has 2 rings (SSSR count). The molecule has 0 aliphatic heterocycles. The number of halogens is 1. The molecule has 0 aliphatic carbocycles. The van der Waals surface area contributed by atoms with Crippen molar-refractivity contribution in [1.82, 2.24) is 5.32 Å². The van der Waals surface area contributed by atoms with Crippen molar-refractivity contribution in [2.24, 2.45) is 0 Å². The van der Waals surface area contributed by atoms with E-state index in [9.17, 15) is 9.59 Å². The summed E-state index contributed by atoms with van der Waals surface area (Å²) < 4.78 is 5.92. The lowest BCUT2D eigenvalue weighted by Crippen LogP contribution is -2.32. The van der Waals surface area contributed by atoms with Crippen LogP contribution in [-0.4, -0.2) is 25.5 Å². The number of anilines is 1. The molecule has 6 heteroatoms. The van der Waals surface area contributed by atoms with E-state index in [-0.39, 0.29) is 18.4 Å². The van der Waals surface area contributed by atoms with E-state index in [2.05, 4.69) is 26.6 Å². The van der Waals surface area contributed by atoms with E-state index in [0.29, 0.717) is 17.0 Å². The number of rotatable bonds is 5. The monoisotopic (exact) mass is 362 g/mol. The Hall–Kier alpha value is -2.34. The van der Waals surface area contributed by atoms with E-state index in [1.54, 1.807) is 36.4 Å². The summed E-state index contributed by atoms with van der Waals surface area (Å²) in [5.74, 6) is -0.0381. The Kier molecular flexibility index (Phi) is 5.55. The Morgan fingerprint density at radius 3 is 2.64 bits per heavy atom. The van der Waals surface area contributed by atoms with Crippen molar-refractivity contribution in [3.63, 3.8) is 0 Å². The number of hydrogen-bond donors (Lipinski definition) is 2. The number of hydrogen-bond acceptors (Lipinski definition) is 3. The molecule has 0 spiro atoms. The lowest BCUT2D eigenvalue weighted by atomic mass is 10.2. The topological polar surface area (TPSA) is 67.4 Å². The minimum Gasteiger partial charge on any atom is -0.497 e. The van der Waals surface area contributed by atoms with E-state index in [4.69, 9.17) is 4.74 Å². The molecule has 0 heterocycles. The molecule has 0 bridgehead atoms. The number of ether oxygens (including phenoxy) is 1. The van der Waals surface area contributed by atoms with Gasteiger partial charge >= 0.3 is 0 Å². The molecule has 2 aromatic carbocycles. The highest BCUT2D eigenvalue weighted by molar-refractivity contribution is 9.10. The predicted molar refractivity (Wildman–Crippen MR) is 88.1 cm³/mol. The molecular formula is C16H15BrN2O3. The quantitative estimate of drug-likeness (QED) is 0.859. The number of nitrogens with one attached hydrogen (secondary N) is 2. The molecule has 114 valence electrons. The standard InChI is InChI=1S/C16H15BrN2O3/c1-22-14-7-2-4-11(8-14)16(21)18-10-15(20)19-13-6-3-5-12(17)9-13/h2-9H,10H2,1H3,(H,18,21)(H,19,20). The molecule has 0 aliphatic rings. The molecule has 0 aromatic heterocycles. The summed E-state index contributed by atoms with van der Waals surface area (Å²) in [4.78, 5) is 23.8. The van der Waals surface area contributed by atoms with E-state index in [1.165, 1.54) is 7.11 Å². The van der Waals surface area contributed by atoms with Crippen molar-refractivity contribution in [2.45, 2.75) is 0 Å². The van der Waals surface area contributed by atoms with Gasteiger partial charge in [0.2, 0.25) is 5.91 Å². The van der Waals surface area contributed by atoms with Gasteiger partial charge in [-0.15, -0.1) is 0 Å². The average Bonchev–Trinajstić information content (AvgIpc) is 2.52. The highest BCUT2D eigenvalue weighted by Gasteiger charge is 2.09. The highest BCUT2D eigenvalue weighted by atomic mass is 79.9. The molecule has 2 amide bonds. The Bertz CT molecular complexity index is 689. The molecule has 2 aromatic rings. The van der Waals surface area contributed by atoms with Crippen LogP contribution < -0.4 is 15.4 Å². The number of carbonyl (C=O) groups is 2. The van der Waals surface area contributed by atoms with Gasteiger partial charge < -0.3 is 15.4 Å². The van der Waals surface area contributed by atoms with Crippen LogP contribution in [0.1, 0.15) is 10.4 Å². The third-order valence-corrected chi connectivity index (χ3v) is 3.34. The van der Waals surface area contributed by atoms with Crippen molar-refractivity contribution in [2.75, 3.05) is 19.0 Å². The molecule has 0 radical (unpaired) electrons. The predicted octanol–water partition coefficient (Wildman–Crippen LogP) is 2.83. The second-order valence-electron chi connectivity index (χ2n) is 4.47. The van der Waals surface area contributed by atoms with Crippen LogP contribution in [0, 0.1) is 0 Å². The molecule has 0 saturated carbocycles. The first-order valence-electron chi connectivity index (χ1n) is 6.56. The zero-order chi connectivity index (χ0) is 15.9. The van der Waals surface area contributed by atoms with Crippen molar-refractivity contribution in [3.8, 4) is 5.75 Å². The Balaban J connectivity index is 1.89. The van der Waals surface area contributed by atoms with E-state index in [1.807, 2.05) is 12.1 Å². The van der Waals surface area contributed by atoms with Gasteiger partial charge in [-0.25, -0.2) is 0 Å². The van der Waals surface area contributed by atoms with Gasteiger partial charge in [0, 0.05) is 15.7 Å². The first-order chi connectivity index (χ1) is 10.6. The largest absolute Gasteiger partial charge is 0.497 e. The molecule has 2 N–H and O–H groups in total. The van der Waals surface area contributed by atoms with Gasteiger partial charge in [0.15, 0.2) is 0 Å². The summed E-state index contributed by atoms with van der Waals surface area (Å²) in [7, 11) is 1.53. The maximum Gasteiger partial charge on any atom is 0.251 e. The van der Waals surface area contributed by atoms with Crippen molar-refractivity contribution < 1.29 is 14.3 Å². The van der Waals surface area contributed by atoms with Gasteiger partial charge in [0.05, 0.1) is 13.7 Å². The third-order valence-electron chi connectivity index (χ3n) is 2.85. The third kappa shape index (κ3) is 4.60. The zero-order valence-electron chi connectivity index (χ0n) is 11.9. The molecule has 0 fully saturated rings. The fraction of sp³-hybridized carbons (Fsp3) is 0.125. The maximum absolute atomic E-state index is 12.0. The minimum absolute atomic E-state index is 0.109. The van der Waals surface area contributed by atoms with Crippen LogP contribution in [0.5, 0.6) is 5.75 Å². The van der Waals surface area contributed by atoms with Crippen LogP contribution >= 0.6 is 15.9 Å². The second kappa shape index (κ2) is 7.61. The van der Waals surface area contributed by atoms with Crippen molar-refractivity contribution in [1.29, 1.82) is 0 Å². The Morgan fingerprint density at radius 2 is 1.91 bits per heavy atom. The smallest absolute Gasteiger partial charge is 0.251 e. The van der Waals surface area contributed by atoms with Crippen molar-refractivity contribution >= 4 is 33.4 Å². The summed E-state index contributed by atoms with van der Waals surface area (Å²) in [6, 6.07) is 14.0.